The third kappa shape index (κ3) is 2.93. The first-order valence-corrected chi connectivity index (χ1v) is 7.22. The highest BCUT2D eigenvalue weighted by atomic mass is 35.5. The Hall–Kier alpha value is -0.180. The van der Waals surface area contributed by atoms with E-state index in [4.69, 9.17) is 11.6 Å². The summed E-state index contributed by atoms with van der Waals surface area (Å²) >= 11 is 7.95. The molecule has 2 rings (SSSR count). The van der Waals surface area contributed by atoms with Gasteiger partial charge >= 0.3 is 0 Å². The van der Waals surface area contributed by atoms with Crippen LogP contribution in [-0.4, -0.2) is 17.0 Å². The lowest BCUT2D eigenvalue weighted by molar-refractivity contribution is 0.454. The lowest BCUT2D eigenvalue weighted by Crippen LogP contribution is -2.35. The molecule has 1 nitrogen and oxygen atoms in total. The normalized spacial score (nSPS) is 26.9. The number of hydrogen-bond acceptors (Lipinski definition) is 2. The first kappa shape index (κ1) is 12.3. The van der Waals surface area contributed by atoms with Gasteiger partial charge in [-0.3, -0.25) is 0 Å². The largest absolute Gasteiger partial charge is 0.306 e. The van der Waals surface area contributed by atoms with Crippen LogP contribution in [-0.2, 0) is 0 Å². The number of thioether (sulfide) groups is 1. The molecular weight excluding hydrogens is 238 g/mol. The van der Waals surface area contributed by atoms with Crippen molar-refractivity contribution in [3.8, 4) is 0 Å². The first-order chi connectivity index (χ1) is 7.66. The maximum Gasteiger partial charge on any atom is 0.0406 e. The summed E-state index contributed by atoms with van der Waals surface area (Å²) in [5.74, 6) is 1.28. The summed E-state index contributed by atoms with van der Waals surface area (Å²) in [6, 6.07) is 9.18. The first-order valence-electron chi connectivity index (χ1n) is 5.80. The van der Waals surface area contributed by atoms with E-state index in [0.29, 0.717) is 12.1 Å². The highest BCUT2D eigenvalue weighted by molar-refractivity contribution is 8.00. The maximum atomic E-state index is 5.89. The molecule has 1 N–H and O–H groups in total. The van der Waals surface area contributed by atoms with Crippen LogP contribution in [0.2, 0.25) is 5.02 Å². The SMILES string of the molecule is CC1SCCC1N[C@@H](C)c1ccc(Cl)cc1. The van der Waals surface area contributed by atoms with Crippen LogP contribution in [0, 0.1) is 0 Å². The molecule has 1 heterocycles. The lowest BCUT2D eigenvalue weighted by Gasteiger charge is -2.22. The van der Waals surface area contributed by atoms with Crippen molar-refractivity contribution in [1.29, 1.82) is 0 Å². The molecule has 1 aromatic rings. The van der Waals surface area contributed by atoms with E-state index in [1.807, 2.05) is 12.1 Å². The van der Waals surface area contributed by atoms with Crippen LogP contribution >= 0.6 is 23.4 Å². The van der Waals surface area contributed by atoms with Gasteiger partial charge in [-0.25, -0.2) is 0 Å². The third-order valence-electron chi connectivity index (χ3n) is 3.21. The van der Waals surface area contributed by atoms with Gasteiger partial charge in [-0.15, -0.1) is 0 Å². The van der Waals surface area contributed by atoms with Gasteiger partial charge in [-0.05, 0) is 36.8 Å². The number of rotatable bonds is 3. The number of benzene rings is 1. The van der Waals surface area contributed by atoms with Gasteiger partial charge in [0, 0.05) is 22.4 Å². The van der Waals surface area contributed by atoms with Crippen molar-refractivity contribution in [2.24, 2.45) is 0 Å². The van der Waals surface area contributed by atoms with E-state index in [-0.39, 0.29) is 0 Å². The van der Waals surface area contributed by atoms with Gasteiger partial charge in [0.2, 0.25) is 0 Å². The van der Waals surface area contributed by atoms with Crippen LogP contribution < -0.4 is 5.32 Å². The van der Waals surface area contributed by atoms with Crippen LogP contribution in [0.1, 0.15) is 31.9 Å². The Morgan fingerprint density at radius 1 is 1.38 bits per heavy atom. The van der Waals surface area contributed by atoms with Crippen LogP contribution in [0.15, 0.2) is 24.3 Å². The molecule has 2 unspecified atom stereocenters. The molecule has 16 heavy (non-hydrogen) atoms. The molecule has 3 atom stereocenters. The summed E-state index contributed by atoms with van der Waals surface area (Å²) in [4.78, 5) is 0. The average molecular weight is 256 g/mol. The second-order valence-corrected chi connectivity index (χ2v) is 6.33. The fourth-order valence-electron chi connectivity index (χ4n) is 2.12. The quantitative estimate of drug-likeness (QED) is 0.880. The monoisotopic (exact) mass is 255 g/mol. The highest BCUT2D eigenvalue weighted by Crippen LogP contribution is 2.28. The van der Waals surface area contributed by atoms with Crippen LogP contribution in [0.3, 0.4) is 0 Å². The topological polar surface area (TPSA) is 12.0 Å². The van der Waals surface area contributed by atoms with E-state index < -0.39 is 0 Å². The van der Waals surface area contributed by atoms with E-state index in [2.05, 4.69) is 43.1 Å². The molecule has 0 aromatic heterocycles. The smallest absolute Gasteiger partial charge is 0.0406 e. The summed E-state index contributed by atoms with van der Waals surface area (Å²) in [6.45, 7) is 4.53. The molecule has 0 radical (unpaired) electrons. The zero-order chi connectivity index (χ0) is 11.5. The van der Waals surface area contributed by atoms with Gasteiger partial charge in [0.05, 0.1) is 0 Å². The summed E-state index contributed by atoms with van der Waals surface area (Å²) in [5.41, 5.74) is 1.31. The van der Waals surface area contributed by atoms with Gasteiger partial charge in [0.25, 0.3) is 0 Å². The number of halogens is 1. The van der Waals surface area contributed by atoms with Gasteiger partial charge in [0.1, 0.15) is 0 Å². The molecule has 0 aliphatic carbocycles. The predicted octanol–water partition coefficient (Wildman–Crippen LogP) is 3.88. The summed E-state index contributed by atoms with van der Waals surface area (Å²) < 4.78 is 0. The van der Waals surface area contributed by atoms with Crippen molar-refractivity contribution in [2.45, 2.75) is 37.6 Å². The van der Waals surface area contributed by atoms with E-state index >= 15 is 0 Å². The maximum absolute atomic E-state index is 5.89. The van der Waals surface area contributed by atoms with E-state index in [0.717, 1.165) is 10.3 Å². The average Bonchev–Trinajstić information content (AvgIpc) is 2.65. The third-order valence-corrected chi connectivity index (χ3v) is 4.79. The Labute approximate surface area is 107 Å². The molecule has 0 saturated carbocycles. The molecule has 3 heteroatoms. The zero-order valence-corrected chi connectivity index (χ0v) is 11.3. The second-order valence-electron chi connectivity index (χ2n) is 4.41. The Kier molecular flexibility index (Phi) is 4.17. The number of hydrogen-bond donors (Lipinski definition) is 1. The molecule has 1 aliphatic heterocycles. The Balaban J connectivity index is 1.97. The Morgan fingerprint density at radius 2 is 2.06 bits per heavy atom. The van der Waals surface area contributed by atoms with Gasteiger partial charge in [-0.1, -0.05) is 30.7 Å². The lowest BCUT2D eigenvalue weighted by atomic mass is 10.1. The minimum absolute atomic E-state index is 0.406. The van der Waals surface area contributed by atoms with Gasteiger partial charge < -0.3 is 5.32 Å². The minimum atomic E-state index is 0.406. The zero-order valence-electron chi connectivity index (χ0n) is 9.74. The molecule has 1 saturated heterocycles. The van der Waals surface area contributed by atoms with Crippen molar-refractivity contribution in [3.05, 3.63) is 34.9 Å². The van der Waals surface area contributed by atoms with Crippen molar-refractivity contribution >= 4 is 23.4 Å². The fraction of sp³-hybridized carbons (Fsp3) is 0.538. The molecule has 0 amide bonds. The van der Waals surface area contributed by atoms with Crippen LogP contribution in [0.25, 0.3) is 0 Å². The Morgan fingerprint density at radius 3 is 2.62 bits per heavy atom. The number of nitrogens with one attached hydrogen (secondary N) is 1. The summed E-state index contributed by atoms with van der Waals surface area (Å²) in [7, 11) is 0. The highest BCUT2D eigenvalue weighted by Gasteiger charge is 2.25. The van der Waals surface area contributed by atoms with E-state index in [1.54, 1.807) is 0 Å². The van der Waals surface area contributed by atoms with Gasteiger partial charge in [-0.2, -0.15) is 11.8 Å². The Bertz CT molecular complexity index is 338. The second kappa shape index (κ2) is 5.44. The summed E-state index contributed by atoms with van der Waals surface area (Å²) in [5, 5.41) is 5.24. The summed E-state index contributed by atoms with van der Waals surface area (Å²) in [6.07, 6.45) is 1.28. The van der Waals surface area contributed by atoms with Crippen molar-refractivity contribution in [2.75, 3.05) is 5.75 Å². The molecular formula is C13H18ClNS. The standard InChI is InChI=1S/C13H18ClNS/c1-9(11-3-5-12(14)6-4-11)15-13-7-8-16-10(13)2/h3-6,9-10,13,15H,7-8H2,1-2H3/t9-,10?,13?/m0/s1. The van der Waals surface area contributed by atoms with Gasteiger partial charge in [0.15, 0.2) is 0 Å². The van der Waals surface area contributed by atoms with Crippen molar-refractivity contribution in [3.63, 3.8) is 0 Å². The van der Waals surface area contributed by atoms with E-state index in [9.17, 15) is 0 Å². The van der Waals surface area contributed by atoms with Crippen molar-refractivity contribution in [1.82, 2.24) is 5.32 Å². The molecule has 0 spiro atoms. The molecule has 88 valence electrons. The van der Waals surface area contributed by atoms with E-state index in [1.165, 1.54) is 17.7 Å². The molecule has 1 aromatic carbocycles. The molecule has 1 aliphatic rings. The minimum Gasteiger partial charge on any atom is -0.306 e. The molecule has 0 bridgehead atoms. The predicted molar refractivity (Wildman–Crippen MR) is 73.3 cm³/mol. The fourth-order valence-corrected chi connectivity index (χ4v) is 3.45. The van der Waals surface area contributed by atoms with Crippen LogP contribution in [0.5, 0.6) is 0 Å². The van der Waals surface area contributed by atoms with Crippen molar-refractivity contribution < 1.29 is 0 Å². The molecule has 1 fully saturated rings. The van der Waals surface area contributed by atoms with Crippen LogP contribution in [0.4, 0.5) is 0 Å².